The van der Waals surface area contributed by atoms with Gasteiger partial charge in [0.1, 0.15) is 6.61 Å². The predicted molar refractivity (Wildman–Crippen MR) is 79.4 cm³/mol. The second-order valence-corrected chi connectivity index (χ2v) is 4.46. The van der Waals surface area contributed by atoms with Gasteiger partial charge in [-0.05, 0) is 18.1 Å². The lowest BCUT2D eigenvalue weighted by Gasteiger charge is -2.19. The fourth-order valence-electron chi connectivity index (χ4n) is 2.05. The van der Waals surface area contributed by atoms with E-state index >= 15 is 0 Å². The Labute approximate surface area is 119 Å². The maximum absolute atomic E-state index is 11.9. The minimum Gasteiger partial charge on any atom is -0.372 e. The van der Waals surface area contributed by atoms with Crippen molar-refractivity contribution in [3.63, 3.8) is 0 Å². The number of hydrogen-bond acceptors (Lipinski definition) is 2. The fourth-order valence-corrected chi connectivity index (χ4v) is 2.05. The molecule has 0 aromatic heterocycles. The van der Waals surface area contributed by atoms with Crippen molar-refractivity contribution in [2.75, 3.05) is 13.2 Å². The molecule has 2 rings (SSSR count). The first-order valence-corrected chi connectivity index (χ1v) is 6.78. The molecule has 2 aromatic rings. The van der Waals surface area contributed by atoms with Gasteiger partial charge in [-0.1, -0.05) is 60.7 Å². The van der Waals surface area contributed by atoms with Crippen molar-refractivity contribution < 1.29 is 9.53 Å². The van der Waals surface area contributed by atoms with Crippen LogP contribution in [0.5, 0.6) is 0 Å². The highest BCUT2D eigenvalue weighted by molar-refractivity contribution is 5.78. The molecule has 0 radical (unpaired) electrons. The molecule has 0 aliphatic rings. The van der Waals surface area contributed by atoms with Crippen LogP contribution >= 0.6 is 0 Å². The normalized spacial score (nSPS) is 10.5. The van der Waals surface area contributed by atoms with Crippen molar-refractivity contribution in [1.29, 1.82) is 0 Å². The summed E-state index contributed by atoms with van der Waals surface area (Å²) in [6.45, 7) is 2.50. The third-order valence-electron chi connectivity index (χ3n) is 3.01. The van der Waals surface area contributed by atoms with E-state index in [2.05, 4.69) is 5.32 Å². The average molecular weight is 269 g/mol. The number of nitrogens with one attached hydrogen (secondary N) is 1. The Morgan fingerprint density at radius 2 is 1.50 bits per heavy atom. The number of hydrogen-bond donors (Lipinski definition) is 1. The highest BCUT2D eigenvalue weighted by Gasteiger charge is 2.16. The Bertz CT molecular complexity index is 486. The number of carbonyl (C=O) groups excluding carboxylic acids is 1. The van der Waals surface area contributed by atoms with Crippen molar-refractivity contribution >= 4 is 5.91 Å². The maximum Gasteiger partial charge on any atom is 0.246 e. The predicted octanol–water partition coefficient (Wildman–Crippen LogP) is 2.93. The number of amides is 1. The minimum absolute atomic E-state index is 0.0899. The van der Waals surface area contributed by atoms with Crippen LogP contribution in [0.1, 0.15) is 24.1 Å². The molecule has 20 heavy (non-hydrogen) atoms. The SMILES string of the molecule is CCOCC(=O)NC(c1ccccc1)c1ccccc1. The van der Waals surface area contributed by atoms with Crippen LogP contribution in [-0.4, -0.2) is 19.1 Å². The lowest BCUT2D eigenvalue weighted by molar-refractivity contribution is -0.126. The van der Waals surface area contributed by atoms with E-state index in [4.69, 9.17) is 4.74 Å². The van der Waals surface area contributed by atoms with E-state index in [1.807, 2.05) is 67.6 Å². The molecule has 0 bridgehead atoms. The van der Waals surface area contributed by atoms with Gasteiger partial charge in [0.25, 0.3) is 0 Å². The molecule has 0 heterocycles. The molecule has 1 N–H and O–H groups in total. The molecule has 104 valence electrons. The largest absolute Gasteiger partial charge is 0.372 e. The maximum atomic E-state index is 11.9. The second-order valence-electron chi connectivity index (χ2n) is 4.46. The molecule has 0 aliphatic heterocycles. The Kier molecular flexibility index (Phi) is 5.33. The van der Waals surface area contributed by atoms with Crippen LogP contribution in [0.15, 0.2) is 60.7 Å². The summed E-state index contributed by atoms with van der Waals surface area (Å²) in [4.78, 5) is 11.9. The van der Waals surface area contributed by atoms with Crippen molar-refractivity contribution in [3.05, 3.63) is 71.8 Å². The van der Waals surface area contributed by atoms with Crippen molar-refractivity contribution in [2.45, 2.75) is 13.0 Å². The fraction of sp³-hybridized carbons (Fsp3) is 0.235. The summed E-state index contributed by atoms with van der Waals surface area (Å²) in [5.41, 5.74) is 2.12. The molecule has 2 aromatic carbocycles. The third-order valence-corrected chi connectivity index (χ3v) is 3.01. The van der Waals surface area contributed by atoms with Gasteiger partial charge in [-0.3, -0.25) is 4.79 Å². The molecule has 0 spiro atoms. The first-order chi connectivity index (χ1) is 9.81. The van der Waals surface area contributed by atoms with Crippen LogP contribution in [0.2, 0.25) is 0 Å². The van der Waals surface area contributed by atoms with Crippen LogP contribution in [0.25, 0.3) is 0 Å². The molecular weight excluding hydrogens is 250 g/mol. The molecule has 0 fully saturated rings. The Morgan fingerprint density at radius 3 is 1.95 bits per heavy atom. The van der Waals surface area contributed by atoms with E-state index in [0.717, 1.165) is 11.1 Å². The molecular formula is C17H19NO2. The van der Waals surface area contributed by atoms with Crippen LogP contribution in [-0.2, 0) is 9.53 Å². The van der Waals surface area contributed by atoms with Gasteiger partial charge in [-0.2, -0.15) is 0 Å². The van der Waals surface area contributed by atoms with E-state index in [1.54, 1.807) is 0 Å². The van der Waals surface area contributed by atoms with Crippen LogP contribution < -0.4 is 5.32 Å². The molecule has 0 unspecified atom stereocenters. The number of carbonyl (C=O) groups is 1. The third kappa shape index (κ3) is 3.93. The smallest absolute Gasteiger partial charge is 0.246 e. The average Bonchev–Trinajstić information content (AvgIpc) is 2.52. The van der Waals surface area contributed by atoms with E-state index < -0.39 is 0 Å². The summed E-state index contributed by atoms with van der Waals surface area (Å²) in [6, 6.07) is 19.7. The number of rotatable bonds is 6. The number of benzene rings is 2. The van der Waals surface area contributed by atoms with Crippen molar-refractivity contribution in [2.24, 2.45) is 0 Å². The van der Waals surface area contributed by atoms with E-state index in [1.165, 1.54) is 0 Å². The Hall–Kier alpha value is -2.13. The van der Waals surface area contributed by atoms with Crippen LogP contribution in [0.4, 0.5) is 0 Å². The second kappa shape index (κ2) is 7.46. The molecule has 3 nitrogen and oxygen atoms in total. The van der Waals surface area contributed by atoms with Gasteiger partial charge in [-0.25, -0.2) is 0 Å². The molecule has 0 aliphatic carbocycles. The van der Waals surface area contributed by atoms with Gasteiger partial charge in [-0.15, -0.1) is 0 Å². The first-order valence-electron chi connectivity index (χ1n) is 6.78. The van der Waals surface area contributed by atoms with Crippen molar-refractivity contribution in [1.82, 2.24) is 5.32 Å². The van der Waals surface area contributed by atoms with Gasteiger partial charge in [0.2, 0.25) is 5.91 Å². The molecule has 0 saturated heterocycles. The summed E-state index contributed by atoms with van der Waals surface area (Å²) in [6.07, 6.45) is 0. The van der Waals surface area contributed by atoms with Gasteiger partial charge < -0.3 is 10.1 Å². The lowest BCUT2D eigenvalue weighted by atomic mass is 9.99. The van der Waals surface area contributed by atoms with Crippen LogP contribution in [0.3, 0.4) is 0 Å². The zero-order valence-electron chi connectivity index (χ0n) is 11.6. The summed E-state index contributed by atoms with van der Waals surface area (Å²) in [5.74, 6) is -0.107. The van der Waals surface area contributed by atoms with E-state index in [0.29, 0.717) is 6.61 Å². The molecule has 0 saturated carbocycles. The quantitative estimate of drug-likeness (QED) is 0.875. The zero-order chi connectivity index (χ0) is 14.2. The molecule has 3 heteroatoms. The van der Waals surface area contributed by atoms with E-state index in [-0.39, 0.29) is 18.6 Å². The molecule has 0 atom stereocenters. The lowest BCUT2D eigenvalue weighted by Crippen LogP contribution is -2.32. The summed E-state index contributed by atoms with van der Waals surface area (Å²) in [5, 5.41) is 3.02. The van der Waals surface area contributed by atoms with Gasteiger partial charge in [0.05, 0.1) is 6.04 Å². The summed E-state index contributed by atoms with van der Waals surface area (Å²) < 4.78 is 5.16. The topological polar surface area (TPSA) is 38.3 Å². The van der Waals surface area contributed by atoms with Gasteiger partial charge in [0.15, 0.2) is 0 Å². The summed E-state index contributed by atoms with van der Waals surface area (Å²) >= 11 is 0. The zero-order valence-corrected chi connectivity index (χ0v) is 11.6. The molecule has 1 amide bonds. The highest BCUT2D eigenvalue weighted by atomic mass is 16.5. The van der Waals surface area contributed by atoms with E-state index in [9.17, 15) is 4.79 Å². The highest BCUT2D eigenvalue weighted by Crippen LogP contribution is 2.21. The van der Waals surface area contributed by atoms with Crippen LogP contribution in [0, 0.1) is 0 Å². The monoisotopic (exact) mass is 269 g/mol. The Balaban J connectivity index is 2.19. The van der Waals surface area contributed by atoms with Crippen molar-refractivity contribution in [3.8, 4) is 0 Å². The van der Waals surface area contributed by atoms with Gasteiger partial charge in [0, 0.05) is 6.61 Å². The standard InChI is InChI=1S/C17H19NO2/c1-2-20-13-16(19)18-17(14-9-5-3-6-10-14)15-11-7-4-8-12-15/h3-12,17H,2,13H2,1H3,(H,18,19). The van der Waals surface area contributed by atoms with Gasteiger partial charge >= 0.3 is 0 Å². The first kappa shape index (κ1) is 14.3. The summed E-state index contributed by atoms with van der Waals surface area (Å²) in [7, 11) is 0. The Morgan fingerprint density at radius 1 is 1.00 bits per heavy atom. The number of ether oxygens (including phenoxy) is 1. The minimum atomic E-state index is -0.148.